The average Bonchev–Trinajstić information content (AvgIpc) is 0.837. The van der Waals surface area contributed by atoms with Crippen molar-refractivity contribution in [3.05, 3.63) is 325 Å². The molecule has 0 saturated heterocycles. The number of sulfone groups is 1. The molecule has 1 N–H and O–H groups in total. The zero-order valence-corrected chi connectivity index (χ0v) is 80.6. The van der Waals surface area contributed by atoms with E-state index in [0.717, 1.165) is 98.6 Å². The maximum absolute atomic E-state index is 12.4. The van der Waals surface area contributed by atoms with Crippen molar-refractivity contribution in [1.82, 2.24) is 20.0 Å². The van der Waals surface area contributed by atoms with E-state index in [4.69, 9.17) is 65.4 Å². The van der Waals surface area contributed by atoms with Crippen LogP contribution in [0.25, 0.3) is 0 Å². The first-order valence-corrected chi connectivity index (χ1v) is 48.5. The van der Waals surface area contributed by atoms with Crippen molar-refractivity contribution < 1.29 is 109 Å². The van der Waals surface area contributed by atoms with Gasteiger partial charge in [0, 0.05) is 80.5 Å². The Balaban J connectivity index is 0.000000325. The molecule has 0 spiro atoms. The molecule has 139 heavy (non-hydrogen) atoms. The van der Waals surface area contributed by atoms with Gasteiger partial charge >= 0.3 is 24.7 Å². The number of alkyl halides is 12. The van der Waals surface area contributed by atoms with Gasteiger partial charge in [0.2, 0.25) is 5.78 Å². The number of benzene rings is 10. The highest BCUT2D eigenvalue weighted by molar-refractivity contribution is 8.00. The van der Waals surface area contributed by atoms with Gasteiger partial charge in [-0.2, -0.15) is 52.7 Å². The zero-order valence-electron chi connectivity index (χ0n) is 76.0. The molecule has 0 fully saturated rings. The summed E-state index contributed by atoms with van der Waals surface area (Å²) in [5.74, 6) is -7.65. The fourth-order valence-corrected chi connectivity index (χ4v) is 16.3. The molecular weight excluding hydrogens is 1940 g/mol. The van der Waals surface area contributed by atoms with Gasteiger partial charge in [0.25, 0.3) is 29.2 Å². The second-order valence-electron chi connectivity index (χ2n) is 32.3. The third-order valence-corrected chi connectivity index (χ3v) is 25.2. The summed E-state index contributed by atoms with van der Waals surface area (Å²) < 4.78 is 194. The number of Topliss-reactive ketones (excluding diaryl/α,β-unsaturated/α-hetero) is 4. The second kappa shape index (κ2) is 60.6. The largest absolute Gasteiger partial charge is 0.494 e. The Kier molecular flexibility index (Phi) is 51.9. The van der Waals surface area contributed by atoms with Crippen LogP contribution in [0.4, 0.5) is 52.7 Å². The van der Waals surface area contributed by atoms with E-state index >= 15 is 0 Å². The number of aryl methyl sites for hydroxylation is 1. The number of amides is 2. The minimum atomic E-state index is -5.00. The van der Waals surface area contributed by atoms with E-state index in [9.17, 15) is 89.9 Å². The molecule has 0 aliphatic heterocycles. The van der Waals surface area contributed by atoms with Gasteiger partial charge in [0.15, 0.2) is 16.4 Å². The van der Waals surface area contributed by atoms with Crippen LogP contribution >= 0.6 is 58.2 Å². The van der Waals surface area contributed by atoms with E-state index in [-0.39, 0.29) is 67.6 Å². The summed E-state index contributed by atoms with van der Waals surface area (Å²) in [5.41, 5.74) is 8.26. The Labute approximate surface area is 831 Å². The molecule has 0 unspecified atom stereocenters. The summed E-state index contributed by atoms with van der Waals surface area (Å²) in [5, 5.41) is 4.66. The molecule has 0 aliphatic carbocycles. The van der Waals surface area contributed by atoms with Crippen molar-refractivity contribution >= 4 is 103 Å². The van der Waals surface area contributed by atoms with Crippen LogP contribution in [-0.4, -0.2) is 187 Å². The van der Waals surface area contributed by atoms with Gasteiger partial charge in [-0.3, -0.25) is 28.8 Å². The Bertz CT molecular complexity index is 5110. The molecule has 0 heterocycles. The lowest BCUT2D eigenvalue weighted by Gasteiger charge is -2.25. The van der Waals surface area contributed by atoms with Crippen molar-refractivity contribution in [2.45, 2.75) is 153 Å². The van der Waals surface area contributed by atoms with Gasteiger partial charge in [0.05, 0.1) is 37.0 Å². The maximum Gasteiger partial charge on any atom is 0.453 e. The van der Waals surface area contributed by atoms with Crippen molar-refractivity contribution in [2.75, 3.05) is 104 Å². The highest BCUT2D eigenvalue weighted by atomic mass is 35.5. The van der Waals surface area contributed by atoms with E-state index in [2.05, 4.69) is 48.0 Å². The zero-order chi connectivity index (χ0) is 100. The van der Waals surface area contributed by atoms with Gasteiger partial charge in [-0.25, -0.2) is 8.42 Å². The van der Waals surface area contributed by atoms with E-state index < -0.39 is 94.9 Å². The molecular formula is C105H118Cl4F12N4O12S2. The smallest absolute Gasteiger partial charge is 0.453 e. The molecule has 2 amide bonds. The van der Waals surface area contributed by atoms with Crippen molar-refractivity contribution in [2.24, 2.45) is 0 Å². The highest BCUT2D eigenvalue weighted by Crippen LogP contribution is 2.34. The minimum absolute atomic E-state index is 0. The number of carbonyl (C=O) groups is 6. The molecule has 10 aromatic rings. The van der Waals surface area contributed by atoms with Gasteiger partial charge in [-0.05, 0) is 219 Å². The summed E-state index contributed by atoms with van der Waals surface area (Å²) in [6, 6.07) is 76.6. The Morgan fingerprint density at radius 1 is 0.381 bits per heavy atom. The third kappa shape index (κ3) is 45.4. The Morgan fingerprint density at radius 3 is 1.17 bits per heavy atom. The average molecular weight is 2060 g/mol. The third-order valence-electron chi connectivity index (χ3n) is 21.5. The maximum atomic E-state index is 12.4. The fraction of sp³-hybridized carbons (Fsp3) is 0.371. The van der Waals surface area contributed by atoms with Crippen LogP contribution in [0.1, 0.15) is 176 Å². The van der Waals surface area contributed by atoms with Crippen LogP contribution in [-0.2, 0) is 35.4 Å². The molecule has 0 atom stereocenters. The lowest BCUT2D eigenvalue weighted by atomic mass is 9.89. The molecule has 0 saturated carbocycles. The van der Waals surface area contributed by atoms with Crippen LogP contribution in [0.3, 0.4) is 0 Å². The number of rotatable bonds is 49. The highest BCUT2D eigenvalue weighted by Gasteiger charge is 2.41. The topological polar surface area (TPSA) is 195 Å². The summed E-state index contributed by atoms with van der Waals surface area (Å²) >= 11 is 25.1. The first-order chi connectivity index (χ1) is 65.0. The summed E-state index contributed by atoms with van der Waals surface area (Å²) in [6.07, 6.45) is -5.94. The van der Waals surface area contributed by atoms with E-state index in [1.165, 1.54) is 97.2 Å². The van der Waals surface area contributed by atoms with Gasteiger partial charge < -0.3 is 39.0 Å². The van der Waals surface area contributed by atoms with Gasteiger partial charge in [0.1, 0.15) is 36.2 Å². The molecule has 0 radical (unpaired) electrons. The number of halogens is 16. The Hall–Kier alpha value is -10.4. The molecule has 0 bridgehead atoms. The first kappa shape index (κ1) is 119. The lowest BCUT2D eigenvalue weighted by Crippen LogP contribution is -2.38. The summed E-state index contributed by atoms with van der Waals surface area (Å²) in [7, 11) is 2.03. The molecule has 0 aliphatic rings. The monoisotopic (exact) mass is 2060 g/mol. The minimum Gasteiger partial charge on any atom is -0.494 e. The van der Waals surface area contributed by atoms with Crippen LogP contribution in [0, 0.1) is 0 Å². The lowest BCUT2D eigenvalue weighted by molar-refractivity contribution is -0.173. The van der Waals surface area contributed by atoms with Crippen LogP contribution in [0.15, 0.2) is 260 Å². The van der Waals surface area contributed by atoms with Crippen molar-refractivity contribution in [1.29, 1.82) is 0 Å². The van der Waals surface area contributed by atoms with Gasteiger partial charge in [-0.1, -0.05) is 247 Å². The molecule has 0 aromatic heterocycles. The van der Waals surface area contributed by atoms with E-state index in [1.807, 2.05) is 146 Å². The van der Waals surface area contributed by atoms with Crippen LogP contribution in [0.2, 0.25) is 20.1 Å². The number of hydrogen-bond donors (Lipinski definition) is 1. The van der Waals surface area contributed by atoms with Crippen LogP contribution < -0.4 is 24.3 Å². The predicted octanol–water partition coefficient (Wildman–Crippen LogP) is 26.6. The molecule has 754 valence electrons. The van der Waals surface area contributed by atoms with Crippen molar-refractivity contribution in [3.8, 4) is 23.0 Å². The number of carbonyl (C=O) groups excluding carboxylic acids is 6. The summed E-state index contributed by atoms with van der Waals surface area (Å²) in [6.45, 7) is 2.91. The number of nitrogens with one attached hydrogen (secondary N) is 1. The molecule has 16 nitrogen and oxygen atoms in total. The fourth-order valence-electron chi connectivity index (χ4n) is 13.9. The number of thioether (sulfide) groups is 1. The Morgan fingerprint density at radius 2 is 0.748 bits per heavy atom. The standard InChI is InChI=1S/C27H26Cl2F3NO2.C26H24Cl2F3NO2S.C26H24F3NO3.C24H36F3NO5S.2CH4/c1-33(16-2-3-19-4-14-24(15-5-19)35-18-26(34)27(30,31)32)17-25(20-6-10-22(28)11-7-20)21-8-12-23(29)13-9-21;1-32(14-15-34-22-10-12-23(13-11-22)35-17-25(33)26(29,30)31)16-24(18-2-6-20(27)7-3-18)19-4-8-21(28)9-5-19;1-30(18-24(31)26(27,28)29)25(32)21-12-14-22(15-13-21)33-17-16-23(19-8-4-2-5-9-19)20-10-6-3-7-11-20;1-2-3-4-5-6-7-8-9-10-11-17-34(31,32)18-16-33-21-14-12-20(13-15-21)23(30)28-19-22(29)24(25,26)27;;/h4-15,25H,2-3,16-18H2,1H3;2-13,24H,14-17H2,1H3;2-15,23H,16-18H2,1H3;12-15H,2-11,16-19H2,1H3,(H,28,30);2*1H4. The van der Waals surface area contributed by atoms with Gasteiger partial charge in [-0.15, -0.1) is 11.8 Å². The quantitative estimate of drug-likeness (QED) is 0.0215. The van der Waals surface area contributed by atoms with Crippen molar-refractivity contribution in [3.63, 3.8) is 0 Å². The molecule has 10 aromatic carbocycles. The van der Waals surface area contributed by atoms with E-state index in [1.54, 1.807) is 60.7 Å². The number of ether oxygens (including phenoxy) is 4. The number of likely N-dealkylation sites (N-methyl/N-ethyl adjacent to an activating group) is 3. The van der Waals surface area contributed by atoms with Crippen LogP contribution in [0.5, 0.6) is 23.0 Å². The number of ketones is 4. The number of hydrogen-bond acceptors (Lipinski definition) is 15. The molecule has 34 heteroatoms. The normalized spacial score (nSPS) is 11.5. The predicted molar refractivity (Wildman–Crippen MR) is 528 cm³/mol. The summed E-state index contributed by atoms with van der Waals surface area (Å²) in [4.78, 5) is 73.7. The second-order valence-corrected chi connectivity index (χ2v) is 37.3. The molecule has 10 rings (SSSR count). The SMILES string of the molecule is C.C.CCCCCCCCCCCCS(=O)(=O)CCOc1ccc(C(=O)NCC(=O)C(F)(F)F)cc1.CN(CC(=O)C(F)(F)F)C(=O)c1ccc(OCCC(c2ccccc2)c2ccccc2)cc1.CN(CCCc1ccc(OCC(=O)C(F)(F)F)cc1)CC(c1ccc(Cl)cc1)c1ccc(Cl)cc1.CN(CCOc1ccc(SCC(=O)C(F)(F)F)cc1)CC(c1ccc(Cl)cc1)c1ccc(Cl)cc1. The number of unbranched alkanes of at least 4 members (excludes halogenated alkanes) is 9. The number of nitrogens with zero attached hydrogens (tertiary/aromatic N) is 3. The van der Waals surface area contributed by atoms with E-state index in [0.29, 0.717) is 68.4 Å². The first-order valence-electron chi connectivity index (χ1n) is 44.2.